The van der Waals surface area contributed by atoms with Crippen LogP contribution in [0.3, 0.4) is 0 Å². The van der Waals surface area contributed by atoms with Gasteiger partial charge in [0.15, 0.2) is 0 Å². The normalized spacial score (nSPS) is 23.7. The van der Waals surface area contributed by atoms with Crippen LogP contribution in [0.2, 0.25) is 0 Å². The summed E-state index contributed by atoms with van der Waals surface area (Å²) in [5.41, 5.74) is 0.966. The van der Waals surface area contributed by atoms with Gasteiger partial charge in [-0.1, -0.05) is 18.2 Å². The third-order valence-corrected chi connectivity index (χ3v) is 5.42. The molecule has 1 aromatic carbocycles. The molecule has 2 atom stereocenters. The number of hydrogen-bond acceptors (Lipinski definition) is 4. The number of sulfonamides is 1. The van der Waals surface area contributed by atoms with Gasteiger partial charge >= 0.3 is 0 Å². The van der Waals surface area contributed by atoms with Crippen molar-refractivity contribution in [2.24, 2.45) is 0 Å². The Balaban J connectivity index is 2.04. The summed E-state index contributed by atoms with van der Waals surface area (Å²) in [4.78, 5) is 2.23. The van der Waals surface area contributed by atoms with Gasteiger partial charge in [-0.25, -0.2) is 13.1 Å². The Kier molecular flexibility index (Phi) is 4.99. The first-order valence-corrected chi connectivity index (χ1v) is 8.75. The Labute approximate surface area is 126 Å². The zero-order valence-corrected chi connectivity index (χ0v) is 13.2. The van der Waals surface area contributed by atoms with Gasteiger partial charge in [0.05, 0.1) is 17.4 Å². The van der Waals surface area contributed by atoms with Gasteiger partial charge in [-0.2, -0.15) is 5.26 Å². The molecule has 2 rings (SSSR count). The van der Waals surface area contributed by atoms with Crippen molar-refractivity contribution in [1.82, 2.24) is 9.62 Å². The van der Waals surface area contributed by atoms with E-state index in [0.717, 1.165) is 19.4 Å². The second-order valence-corrected chi connectivity index (χ2v) is 7.45. The number of nitrogens with zero attached hydrogens (tertiary/aromatic N) is 2. The average Bonchev–Trinajstić information content (AvgIpc) is 2.43. The van der Waals surface area contributed by atoms with E-state index in [9.17, 15) is 8.42 Å². The van der Waals surface area contributed by atoms with E-state index in [-0.39, 0.29) is 11.8 Å². The second kappa shape index (κ2) is 6.56. The molecule has 1 fully saturated rings. The highest BCUT2D eigenvalue weighted by molar-refractivity contribution is 7.88. The van der Waals surface area contributed by atoms with Gasteiger partial charge in [-0.05, 0) is 45.0 Å². The molecule has 0 saturated carbocycles. The summed E-state index contributed by atoms with van der Waals surface area (Å²) in [6.45, 7) is 2.99. The van der Waals surface area contributed by atoms with Crippen molar-refractivity contribution in [1.29, 1.82) is 5.26 Å². The fraction of sp³-hybridized carbons (Fsp3) is 0.533. The van der Waals surface area contributed by atoms with Gasteiger partial charge in [0, 0.05) is 12.1 Å². The lowest BCUT2D eigenvalue weighted by Gasteiger charge is -2.35. The zero-order chi connectivity index (χ0) is 15.5. The number of nitrogens with one attached hydrogen (secondary N) is 1. The molecule has 0 amide bonds. The second-order valence-electron chi connectivity index (χ2n) is 5.70. The van der Waals surface area contributed by atoms with E-state index in [1.165, 1.54) is 0 Å². The summed E-state index contributed by atoms with van der Waals surface area (Å²) in [5, 5.41) is 9.03. The van der Waals surface area contributed by atoms with Crippen LogP contribution in [0, 0.1) is 11.3 Å². The molecule has 2 unspecified atom stereocenters. The van der Waals surface area contributed by atoms with E-state index >= 15 is 0 Å². The minimum absolute atomic E-state index is 0.0181. The monoisotopic (exact) mass is 307 g/mol. The summed E-state index contributed by atoms with van der Waals surface area (Å²) in [6, 6.07) is 9.21. The topological polar surface area (TPSA) is 73.2 Å². The molecule has 0 radical (unpaired) electrons. The molecule has 1 saturated heterocycles. The van der Waals surface area contributed by atoms with E-state index in [4.69, 9.17) is 5.26 Å². The highest BCUT2D eigenvalue weighted by atomic mass is 32.2. The molecule has 1 aliphatic rings. The Morgan fingerprint density at radius 3 is 2.81 bits per heavy atom. The van der Waals surface area contributed by atoms with Gasteiger partial charge in [0.2, 0.25) is 10.0 Å². The molecular formula is C15H21N3O2S. The molecule has 0 spiro atoms. The average molecular weight is 307 g/mol. The van der Waals surface area contributed by atoms with Gasteiger partial charge in [0.25, 0.3) is 0 Å². The number of nitriles is 1. The van der Waals surface area contributed by atoms with Crippen LogP contribution < -0.4 is 4.72 Å². The standard InChI is InChI=1S/C15H21N3O2S/c1-12-9-15(7-8-18(12)2)17-21(19,20)11-14-6-4-3-5-13(14)10-16/h3-6,12,15,17H,7-9,11H2,1-2H3. The lowest BCUT2D eigenvalue weighted by atomic mass is 10.0. The van der Waals surface area contributed by atoms with Gasteiger partial charge in [0.1, 0.15) is 0 Å². The smallest absolute Gasteiger partial charge is 0.216 e. The summed E-state index contributed by atoms with van der Waals surface area (Å²) < 4.78 is 27.4. The van der Waals surface area contributed by atoms with Crippen molar-refractivity contribution in [2.75, 3.05) is 13.6 Å². The SMILES string of the molecule is CC1CC(NS(=O)(=O)Cc2ccccc2C#N)CCN1C. The molecule has 21 heavy (non-hydrogen) atoms. The molecule has 6 heteroatoms. The molecule has 0 bridgehead atoms. The molecule has 5 nitrogen and oxygen atoms in total. The summed E-state index contributed by atoms with van der Waals surface area (Å²) in [6.07, 6.45) is 1.63. The first-order valence-electron chi connectivity index (χ1n) is 7.09. The predicted octanol–water partition coefficient (Wildman–Crippen LogP) is 1.46. The van der Waals surface area contributed by atoms with E-state index in [1.54, 1.807) is 24.3 Å². The molecular weight excluding hydrogens is 286 g/mol. The predicted molar refractivity (Wildman–Crippen MR) is 82.0 cm³/mol. The van der Waals surface area contributed by atoms with Crippen molar-refractivity contribution in [3.05, 3.63) is 35.4 Å². The van der Waals surface area contributed by atoms with Crippen LogP contribution in [0.25, 0.3) is 0 Å². The van der Waals surface area contributed by atoms with Crippen molar-refractivity contribution < 1.29 is 8.42 Å². The maximum absolute atomic E-state index is 12.3. The first-order chi connectivity index (χ1) is 9.91. The van der Waals surface area contributed by atoms with E-state index in [0.29, 0.717) is 17.2 Å². The molecule has 1 N–H and O–H groups in total. The summed E-state index contributed by atoms with van der Waals surface area (Å²) in [7, 11) is -1.37. The summed E-state index contributed by atoms with van der Waals surface area (Å²) >= 11 is 0. The maximum atomic E-state index is 12.3. The Morgan fingerprint density at radius 1 is 1.43 bits per heavy atom. The van der Waals surface area contributed by atoms with Crippen LogP contribution >= 0.6 is 0 Å². The number of piperidine rings is 1. The largest absolute Gasteiger partial charge is 0.304 e. The van der Waals surface area contributed by atoms with Crippen LogP contribution in [0.15, 0.2) is 24.3 Å². The van der Waals surface area contributed by atoms with Crippen LogP contribution in [-0.2, 0) is 15.8 Å². The molecule has 0 aliphatic carbocycles. The maximum Gasteiger partial charge on any atom is 0.216 e. The third kappa shape index (κ3) is 4.27. The highest BCUT2D eigenvalue weighted by Crippen LogP contribution is 2.17. The first kappa shape index (κ1) is 16.0. The molecule has 1 aliphatic heterocycles. The fourth-order valence-corrected chi connectivity index (χ4v) is 4.12. The Hall–Kier alpha value is -1.42. The Morgan fingerprint density at radius 2 is 2.14 bits per heavy atom. The zero-order valence-electron chi connectivity index (χ0n) is 12.4. The molecule has 114 valence electrons. The minimum Gasteiger partial charge on any atom is -0.304 e. The van der Waals surface area contributed by atoms with Gasteiger partial charge in [-0.3, -0.25) is 0 Å². The molecule has 1 heterocycles. The van der Waals surface area contributed by atoms with E-state index in [2.05, 4.69) is 23.6 Å². The Bertz CT molecular complexity index is 637. The number of likely N-dealkylation sites (tertiary alicyclic amines) is 1. The summed E-state index contributed by atoms with van der Waals surface area (Å²) in [5.74, 6) is -0.141. The quantitative estimate of drug-likeness (QED) is 0.914. The van der Waals surface area contributed by atoms with Crippen molar-refractivity contribution in [3.8, 4) is 6.07 Å². The van der Waals surface area contributed by atoms with Crippen LogP contribution in [0.1, 0.15) is 30.9 Å². The number of hydrogen-bond donors (Lipinski definition) is 1. The number of benzene rings is 1. The molecule has 0 aromatic heterocycles. The van der Waals surface area contributed by atoms with Crippen LogP contribution in [0.4, 0.5) is 0 Å². The minimum atomic E-state index is -3.43. The van der Waals surface area contributed by atoms with Crippen LogP contribution in [0.5, 0.6) is 0 Å². The van der Waals surface area contributed by atoms with Crippen molar-refractivity contribution in [2.45, 2.75) is 37.6 Å². The van der Waals surface area contributed by atoms with Crippen LogP contribution in [-0.4, -0.2) is 39.0 Å². The third-order valence-electron chi connectivity index (χ3n) is 4.04. The highest BCUT2D eigenvalue weighted by Gasteiger charge is 2.26. The molecule has 1 aromatic rings. The van der Waals surface area contributed by atoms with Crippen molar-refractivity contribution in [3.63, 3.8) is 0 Å². The van der Waals surface area contributed by atoms with E-state index < -0.39 is 10.0 Å². The van der Waals surface area contributed by atoms with Gasteiger partial charge < -0.3 is 4.90 Å². The number of rotatable bonds is 4. The van der Waals surface area contributed by atoms with E-state index in [1.807, 2.05) is 6.07 Å². The fourth-order valence-electron chi connectivity index (χ4n) is 2.65. The lowest BCUT2D eigenvalue weighted by Crippen LogP contribution is -2.47. The van der Waals surface area contributed by atoms with Crippen molar-refractivity contribution >= 4 is 10.0 Å². The lowest BCUT2D eigenvalue weighted by molar-refractivity contribution is 0.178. The van der Waals surface area contributed by atoms with Gasteiger partial charge in [-0.15, -0.1) is 0 Å².